The lowest BCUT2D eigenvalue weighted by Gasteiger charge is -2.31. The number of H-pyrrole nitrogens is 1. The molecule has 0 radical (unpaired) electrons. The smallest absolute Gasteiger partial charge is 0.267 e. The first-order chi connectivity index (χ1) is 11.6. The highest BCUT2D eigenvalue weighted by Crippen LogP contribution is 2.19. The highest BCUT2D eigenvalue weighted by atomic mass is 16.5. The molecule has 9 heteroatoms. The quantitative estimate of drug-likeness (QED) is 0.833. The van der Waals surface area contributed by atoms with Crippen LogP contribution in [0.3, 0.4) is 0 Å². The van der Waals surface area contributed by atoms with E-state index in [0.717, 1.165) is 12.2 Å². The maximum atomic E-state index is 12.5. The molecule has 24 heavy (non-hydrogen) atoms. The lowest BCUT2D eigenvalue weighted by Crippen LogP contribution is -2.45. The van der Waals surface area contributed by atoms with Gasteiger partial charge in [-0.3, -0.25) is 14.7 Å². The van der Waals surface area contributed by atoms with E-state index in [2.05, 4.69) is 20.3 Å². The number of aromatic nitrogens is 5. The molecule has 2 aromatic rings. The summed E-state index contributed by atoms with van der Waals surface area (Å²) < 4.78 is 6.86. The lowest BCUT2D eigenvalue weighted by atomic mass is 10.2. The number of rotatable bonds is 4. The first-order valence-electron chi connectivity index (χ1n) is 7.92. The van der Waals surface area contributed by atoms with Crippen molar-refractivity contribution in [1.29, 1.82) is 0 Å². The Kier molecular flexibility index (Phi) is 4.70. The monoisotopic (exact) mass is 332 g/mol. The zero-order valence-corrected chi connectivity index (χ0v) is 13.7. The van der Waals surface area contributed by atoms with Crippen molar-refractivity contribution in [3.8, 4) is 0 Å². The van der Waals surface area contributed by atoms with Gasteiger partial charge in [0.15, 0.2) is 5.82 Å². The Labute approximate surface area is 138 Å². The zero-order valence-electron chi connectivity index (χ0n) is 13.7. The van der Waals surface area contributed by atoms with Crippen LogP contribution in [0.25, 0.3) is 0 Å². The van der Waals surface area contributed by atoms with Crippen LogP contribution < -0.4 is 5.56 Å². The van der Waals surface area contributed by atoms with Gasteiger partial charge in [0.1, 0.15) is 18.5 Å². The fourth-order valence-corrected chi connectivity index (χ4v) is 2.54. The fourth-order valence-electron chi connectivity index (χ4n) is 2.54. The van der Waals surface area contributed by atoms with Crippen LogP contribution in [-0.4, -0.2) is 55.5 Å². The van der Waals surface area contributed by atoms with Crippen LogP contribution in [0, 0.1) is 6.92 Å². The van der Waals surface area contributed by atoms with Gasteiger partial charge in [0.05, 0.1) is 18.8 Å². The molecule has 0 aliphatic carbocycles. The van der Waals surface area contributed by atoms with Gasteiger partial charge in [-0.1, -0.05) is 6.92 Å². The largest absolute Gasteiger partial charge is 0.366 e. The Morgan fingerprint density at radius 2 is 2.29 bits per heavy atom. The number of aromatic amines is 1. The number of aryl methyl sites for hydroxylation is 2. The second kappa shape index (κ2) is 6.91. The first-order valence-corrected chi connectivity index (χ1v) is 7.92. The van der Waals surface area contributed by atoms with Gasteiger partial charge in [0, 0.05) is 19.0 Å². The van der Waals surface area contributed by atoms with Gasteiger partial charge in [-0.05, 0) is 13.0 Å². The maximum absolute atomic E-state index is 12.5. The van der Waals surface area contributed by atoms with Crippen molar-refractivity contribution in [2.45, 2.75) is 32.9 Å². The normalized spacial score (nSPS) is 17.9. The van der Waals surface area contributed by atoms with Crippen molar-refractivity contribution < 1.29 is 9.53 Å². The molecule has 0 aromatic carbocycles. The Hall–Kier alpha value is -2.55. The number of nitrogens with one attached hydrogen (secondary N) is 1. The van der Waals surface area contributed by atoms with Gasteiger partial charge in [-0.15, -0.1) is 0 Å². The number of nitrogens with zero attached hydrogens (tertiary/aromatic N) is 5. The molecule has 0 saturated carbocycles. The summed E-state index contributed by atoms with van der Waals surface area (Å²) in [7, 11) is 0. The van der Waals surface area contributed by atoms with E-state index in [1.54, 1.807) is 17.9 Å². The van der Waals surface area contributed by atoms with Crippen molar-refractivity contribution in [2.24, 2.45) is 0 Å². The summed E-state index contributed by atoms with van der Waals surface area (Å²) in [6.07, 6.45) is 0.394. The molecule has 1 saturated heterocycles. The summed E-state index contributed by atoms with van der Waals surface area (Å²) in [6, 6.07) is 3.04. The van der Waals surface area contributed by atoms with Crippen LogP contribution in [0.1, 0.15) is 30.4 Å². The average molecular weight is 332 g/mol. The fraction of sp³-hybridized carbons (Fsp3) is 0.533. The summed E-state index contributed by atoms with van der Waals surface area (Å²) in [5.74, 6) is 1.16. The molecule has 128 valence electrons. The molecule has 3 rings (SSSR count). The highest BCUT2D eigenvalue weighted by molar-refractivity contribution is 5.76. The molecule has 9 nitrogen and oxygen atoms in total. The molecule has 0 unspecified atom stereocenters. The van der Waals surface area contributed by atoms with Crippen LogP contribution in [-0.2, 0) is 22.5 Å². The summed E-state index contributed by atoms with van der Waals surface area (Å²) in [5, 5.41) is 11.1. The summed E-state index contributed by atoms with van der Waals surface area (Å²) >= 11 is 0. The molecule has 1 amide bonds. The van der Waals surface area contributed by atoms with Gasteiger partial charge < -0.3 is 9.64 Å². The molecule has 1 aliphatic heterocycles. The Morgan fingerprint density at radius 3 is 3.04 bits per heavy atom. The maximum Gasteiger partial charge on any atom is 0.267 e. The average Bonchev–Trinajstić information content (AvgIpc) is 3.07. The van der Waals surface area contributed by atoms with Gasteiger partial charge in [-0.2, -0.15) is 10.2 Å². The van der Waals surface area contributed by atoms with Crippen LogP contribution in [0.15, 0.2) is 16.9 Å². The first kappa shape index (κ1) is 16.3. The molecule has 3 heterocycles. The van der Waals surface area contributed by atoms with E-state index < -0.39 is 0 Å². The molecule has 0 spiro atoms. The SMILES string of the molecule is CCc1nc([C@H]2CN(C(=O)Cn3nc(C)ccc3=O)CCO2)n[nH]1. The minimum absolute atomic E-state index is 0.0819. The molecule has 1 N–H and O–H groups in total. The van der Waals surface area contributed by atoms with Crippen molar-refractivity contribution in [3.05, 3.63) is 39.8 Å². The van der Waals surface area contributed by atoms with Crippen LogP contribution in [0.2, 0.25) is 0 Å². The molecular weight excluding hydrogens is 312 g/mol. The van der Waals surface area contributed by atoms with Gasteiger partial charge in [-0.25, -0.2) is 9.67 Å². The van der Waals surface area contributed by atoms with E-state index in [-0.39, 0.29) is 24.1 Å². The Bertz CT molecular complexity index is 784. The van der Waals surface area contributed by atoms with Crippen molar-refractivity contribution in [2.75, 3.05) is 19.7 Å². The van der Waals surface area contributed by atoms with E-state index in [9.17, 15) is 9.59 Å². The summed E-state index contributed by atoms with van der Waals surface area (Å²) in [6.45, 7) is 4.92. The van der Waals surface area contributed by atoms with E-state index in [1.165, 1.54) is 10.7 Å². The third-order valence-corrected chi connectivity index (χ3v) is 3.88. The number of morpholine rings is 1. The number of hydrogen-bond acceptors (Lipinski definition) is 6. The second-order valence-electron chi connectivity index (χ2n) is 5.66. The number of ether oxygens (including phenoxy) is 1. The molecule has 1 atom stereocenters. The third kappa shape index (κ3) is 3.51. The standard InChI is InChI=1S/C15H20N6O3/c1-3-12-16-15(18-17-12)11-8-20(6-7-24-11)14(23)9-21-13(22)5-4-10(2)19-21/h4-5,11H,3,6-9H2,1-2H3,(H,16,17,18)/t11-/m1/s1. The molecule has 1 fully saturated rings. The van der Waals surface area contributed by atoms with Crippen molar-refractivity contribution in [3.63, 3.8) is 0 Å². The highest BCUT2D eigenvalue weighted by Gasteiger charge is 2.28. The molecule has 2 aromatic heterocycles. The van der Waals surface area contributed by atoms with E-state index in [4.69, 9.17) is 4.74 Å². The minimum atomic E-state index is -0.360. The second-order valence-corrected chi connectivity index (χ2v) is 5.66. The van der Waals surface area contributed by atoms with Gasteiger partial charge in [0.25, 0.3) is 5.56 Å². The topological polar surface area (TPSA) is 106 Å². The van der Waals surface area contributed by atoms with E-state index >= 15 is 0 Å². The van der Waals surface area contributed by atoms with Crippen molar-refractivity contribution >= 4 is 5.91 Å². The molecule has 1 aliphatic rings. The summed E-state index contributed by atoms with van der Waals surface area (Å²) in [4.78, 5) is 30.3. The predicted octanol–water partition coefficient (Wildman–Crippen LogP) is -0.168. The van der Waals surface area contributed by atoms with Crippen LogP contribution in [0.4, 0.5) is 0 Å². The minimum Gasteiger partial charge on any atom is -0.366 e. The Balaban J connectivity index is 1.68. The van der Waals surface area contributed by atoms with Crippen molar-refractivity contribution in [1.82, 2.24) is 29.9 Å². The van der Waals surface area contributed by atoms with E-state index in [0.29, 0.717) is 31.2 Å². The lowest BCUT2D eigenvalue weighted by molar-refractivity contribution is -0.140. The Morgan fingerprint density at radius 1 is 1.46 bits per heavy atom. The molecule has 0 bridgehead atoms. The number of hydrogen-bond donors (Lipinski definition) is 1. The number of carbonyl (C=O) groups is 1. The predicted molar refractivity (Wildman–Crippen MR) is 84.3 cm³/mol. The summed E-state index contributed by atoms with van der Waals surface area (Å²) in [5.41, 5.74) is 0.399. The number of amides is 1. The van der Waals surface area contributed by atoms with E-state index in [1.807, 2.05) is 6.92 Å². The van der Waals surface area contributed by atoms with Crippen LogP contribution in [0.5, 0.6) is 0 Å². The molecular formula is C15H20N6O3. The van der Waals surface area contributed by atoms with Gasteiger partial charge in [0.2, 0.25) is 5.91 Å². The third-order valence-electron chi connectivity index (χ3n) is 3.88. The number of carbonyl (C=O) groups excluding carboxylic acids is 1. The van der Waals surface area contributed by atoms with Crippen LogP contribution >= 0.6 is 0 Å². The zero-order chi connectivity index (χ0) is 17.1. The van der Waals surface area contributed by atoms with Gasteiger partial charge >= 0.3 is 0 Å².